The molecule has 6 N–H and O–H groups in total. The molecular formula is C24H26F6N4O3. The van der Waals surface area contributed by atoms with Gasteiger partial charge in [-0.15, -0.1) is 0 Å². The zero-order valence-electron chi connectivity index (χ0n) is 19.7. The van der Waals surface area contributed by atoms with Gasteiger partial charge in [-0.3, -0.25) is 4.79 Å². The van der Waals surface area contributed by atoms with E-state index in [4.69, 9.17) is 16.2 Å². The Morgan fingerprint density at radius 3 is 2.00 bits per heavy atom. The largest absolute Gasteiger partial charge is 0.416 e. The molecule has 1 fully saturated rings. The minimum Gasteiger partial charge on any atom is -0.372 e. The molecule has 13 heteroatoms. The molecule has 37 heavy (non-hydrogen) atoms. The van der Waals surface area contributed by atoms with Crippen LogP contribution >= 0.6 is 0 Å². The van der Waals surface area contributed by atoms with Gasteiger partial charge < -0.3 is 26.8 Å². The Bertz CT molecular complexity index is 1100. The lowest BCUT2D eigenvalue weighted by Crippen LogP contribution is -2.69. The molecule has 202 valence electrons. The predicted octanol–water partition coefficient (Wildman–Crippen LogP) is 3.97. The number of primary amides is 2. The number of carbonyl (C=O) groups is 2. The number of nitrogens with two attached hydrogens (primary N) is 2. The van der Waals surface area contributed by atoms with E-state index >= 15 is 0 Å². The van der Waals surface area contributed by atoms with Gasteiger partial charge in [0.2, 0.25) is 5.91 Å². The molecule has 0 aromatic heterocycles. The lowest BCUT2D eigenvalue weighted by atomic mass is 9.76. The van der Waals surface area contributed by atoms with Gasteiger partial charge in [-0.05, 0) is 49.1 Å². The van der Waals surface area contributed by atoms with E-state index in [9.17, 15) is 35.9 Å². The fourth-order valence-electron chi connectivity index (χ4n) is 4.33. The summed E-state index contributed by atoms with van der Waals surface area (Å²) >= 11 is 0. The number of amides is 3. The number of urea groups is 1. The summed E-state index contributed by atoms with van der Waals surface area (Å²) in [5, 5.41) is 5.51. The second kappa shape index (κ2) is 10.2. The van der Waals surface area contributed by atoms with Crippen LogP contribution in [0.4, 0.5) is 31.1 Å². The van der Waals surface area contributed by atoms with E-state index in [1.165, 1.54) is 6.92 Å². The number of carbonyl (C=O) groups excluding carboxylic acids is 2. The lowest BCUT2D eigenvalue weighted by Gasteiger charge is -2.46. The normalized spacial score (nSPS) is 23.3. The average molecular weight is 532 g/mol. The molecular weight excluding hydrogens is 506 g/mol. The first-order chi connectivity index (χ1) is 17.1. The maximum atomic E-state index is 13.3. The monoisotopic (exact) mass is 532 g/mol. The summed E-state index contributed by atoms with van der Waals surface area (Å²) in [6.45, 7) is 1.03. The maximum Gasteiger partial charge on any atom is 0.416 e. The van der Waals surface area contributed by atoms with Crippen molar-refractivity contribution >= 4 is 11.9 Å². The van der Waals surface area contributed by atoms with Gasteiger partial charge in [0.15, 0.2) is 0 Å². The third kappa shape index (κ3) is 6.34. The van der Waals surface area contributed by atoms with Crippen molar-refractivity contribution in [3.8, 4) is 0 Å². The van der Waals surface area contributed by atoms with E-state index in [-0.39, 0.29) is 37.6 Å². The van der Waals surface area contributed by atoms with Crippen LogP contribution < -0.4 is 22.1 Å². The minimum atomic E-state index is -4.99. The lowest BCUT2D eigenvalue weighted by molar-refractivity contribution is -0.143. The molecule has 3 rings (SSSR count). The smallest absolute Gasteiger partial charge is 0.372 e. The topological polar surface area (TPSA) is 119 Å². The summed E-state index contributed by atoms with van der Waals surface area (Å²) in [6.07, 6.45) is -10.9. The number of ether oxygens (including phenoxy) is 1. The second-order valence-corrected chi connectivity index (χ2v) is 9.03. The summed E-state index contributed by atoms with van der Waals surface area (Å²) in [5.41, 5.74) is 5.74. The van der Waals surface area contributed by atoms with Crippen molar-refractivity contribution in [2.45, 2.75) is 49.3 Å². The zero-order valence-corrected chi connectivity index (χ0v) is 19.7. The zero-order chi connectivity index (χ0) is 27.6. The van der Waals surface area contributed by atoms with E-state index in [2.05, 4.69) is 10.6 Å². The van der Waals surface area contributed by atoms with Gasteiger partial charge in [0.05, 0.1) is 29.4 Å². The highest BCUT2D eigenvalue weighted by molar-refractivity contribution is 5.90. The Morgan fingerprint density at radius 1 is 1.00 bits per heavy atom. The molecule has 0 radical (unpaired) electrons. The molecule has 3 amide bonds. The summed E-state index contributed by atoms with van der Waals surface area (Å²) < 4.78 is 85.6. The number of hydrogen-bond donors (Lipinski definition) is 4. The number of rotatable bonds is 7. The van der Waals surface area contributed by atoms with Gasteiger partial charge >= 0.3 is 18.4 Å². The van der Waals surface area contributed by atoms with Gasteiger partial charge in [-0.1, -0.05) is 30.3 Å². The number of hydrogen-bond acceptors (Lipinski definition) is 4. The number of halogens is 6. The Kier molecular flexibility index (Phi) is 7.80. The van der Waals surface area contributed by atoms with Gasteiger partial charge in [0.1, 0.15) is 5.54 Å². The summed E-state index contributed by atoms with van der Waals surface area (Å²) in [5.74, 6) is -0.821. The Hall–Kier alpha value is -3.32. The van der Waals surface area contributed by atoms with Gasteiger partial charge in [-0.2, -0.15) is 26.3 Å². The Balaban J connectivity index is 1.90. The summed E-state index contributed by atoms with van der Waals surface area (Å²) in [6, 6.07) is 9.09. The van der Waals surface area contributed by atoms with Crippen LogP contribution in [-0.4, -0.2) is 30.6 Å². The molecule has 7 nitrogen and oxygen atoms in total. The first-order valence-electron chi connectivity index (χ1n) is 11.2. The SMILES string of the molecule is CC(OC[C@@]1(c2ccccc2)CC[C@@](NC(N)=O)(C(N)=O)CN1)c1cc(C(F)(F)F)cc(C(F)(F)F)c1. The molecule has 2 aromatic carbocycles. The van der Waals surface area contributed by atoms with Crippen LogP contribution in [0.1, 0.15) is 48.1 Å². The number of nitrogens with one attached hydrogen (secondary N) is 2. The van der Waals surface area contributed by atoms with E-state index in [1.54, 1.807) is 30.3 Å². The summed E-state index contributed by atoms with van der Waals surface area (Å²) in [7, 11) is 0. The first-order valence-corrected chi connectivity index (χ1v) is 11.2. The highest BCUT2D eigenvalue weighted by Crippen LogP contribution is 2.39. The molecule has 0 spiro atoms. The Labute approximate surface area is 208 Å². The maximum absolute atomic E-state index is 13.3. The molecule has 1 aliphatic heterocycles. The molecule has 0 bridgehead atoms. The fourth-order valence-corrected chi connectivity index (χ4v) is 4.33. The second-order valence-electron chi connectivity index (χ2n) is 9.03. The van der Waals surface area contributed by atoms with Crippen molar-refractivity contribution in [2.75, 3.05) is 13.2 Å². The molecule has 0 saturated carbocycles. The van der Waals surface area contributed by atoms with Crippen LogP contribution in [0.2, 0.25) is 0 Å². The van der Waals surface area contributed by atoms with E-state index in [1.807, 2.05) is 0 Å². The van der Waals surface area contributed by atoms with Crippen LogP contribution in [0.3, 0.4) is 0 Å². The number of piperidine rings is 1. The van der Waals surface area contributed by atoms with Crippen molar-refractivity contribution in [2.24, 2.45) is 11.5 Å². The minimum absolute atomic E-state index is 0.0483. The van der Waals surface area contributed by atoms with Crippen molar-refractivity contribution < 1.29 is 40.7 Å². The van der Waals surface area contributed by atoms with E-state index in [0.717, 1.165) is 0 Å². The van der Waals surface area contributed by atoms with Gasteiger partial charge in [0, 0.05) is 6.54 Å². The fraction of sp³-hybridized carbons (Fsp3) is 0.417. The van der Waals surface area contributed by atoms with Gasteiger partial charge in [0.25, 0.3) is 0 Å². The van der Waals surface area contributed by atoms with Crippen molar-refractivity contribution in [3.05, 3.63) is 70.8 Å². The quantitative estimate of drug-likeness (QED) is 0.404. The highest BCUT2D eigenvalue weighted by atomic mass is 19.4. The van der Waals surface area contributed by atoms with Crippen LogP contribution in [-0.2, 0) is 27.4 Å². The Morgan fingerprint density at radius 2 is 1.57 bits per heavy atom. The summed E-state index contributed by atoms with van der Waals surface area (Å²) in [4.78, 5) is 23.6. The molecule has 3 atom stereocenters. The molecule has 1 heterocycles. The van der Waals surface area contributed by atoms with Crippen molar-refractivity contribution in [1.29, 1.82) is 0 Å². The van der Waals surface area contributed by atoms with Crippen molar-refractivity contribution in [3.63, 3.8) is 0 Å². The molecule has 1 unspecified atom stereocenters. The number of alkyl halides is 6. The molecule has 2 aromatic rings. The van der Waals surface area contributed by atoms with Gasteiger partial charge in [-0.25, -0.2) is 4.79 Å². The van der Waals surface area contributed by atoms with Crippen LogP contribution in [0.25, 0.3) is 0 Å². The third-order valence-corrected chi connectivity index (χ3v) is 6.53. The van der Waals surface area contributed by atoms with Crippen molar-refractivity contribution in [1.82, 2.24) is 10.6 Å². The molecule has 0 aliphatic carbocycles. The number of benzene rings is 2. The van der Waals surface area contributed by atoms with Crippen LogP contribution in [0.5, 0.6) is 0 Å². The molecule has 1 aliphatic rings. The van der Waals surface area contributed by atoms with Crippen LogP contribution in [0.15, 0.2) is 48.5 Å². The molecule has 1 saturated heterocycles. The highest BCUT2D eigenvalue weighted by Gasteiger charge is 2.48. The van der Waals surface area contributed by atoms with Crippen LogP contribution in [0, 0.1) is 0 Å². The van der Waals surface area contributed by atoms with E-state index < -0.39 is 52.6 Å². The van der Waals surface area contributed by atoms with E-state index in [0.29, 0.717) is 17.7 Å². The first kappa shape index (κ1) is 28.3. The predicted molar refractivity (Wildman–Crippen MR) is 121 cm³/mol. The average Bonchev–Trinajstić information content (AvgIpc) is 2.82. The standard InChI is InChI=1S/C24H26F6N4O3/c1-14(15-9-17(23(25,26)27)11-18(10-15)24(28,29)30)37-13-22(16-5-3-2-4-6-16)8-7-21(12-33-22,19(31)35)34-20(32)36/h2-6,9-11,14,33H,7-8,12-13H2,1H3,(H2,31,35)(H3,32,34,36)/t14?,21-,22+/m0/s1. The third-order valence-electron chi connectivity index (χ3n) is 6.53.